The van der Waals surface area contributed by atoms with E-state index in [0.717, 1.165) is 15.6 Å². The molecule has 12 nitrogen and oxygen atoms in total. The summed E-state index contributed by atoms with van der Waals surface area (Å²) in [6.07, 6.45) is 6.36. The zero-order valence-electron chi connectivity index (χ0n) is 19.5. The Morgan fingerprint density at radius 1 is 0.833 bits per heavy atom. The molecule has 0 aliphatic carbocycles. The molecule has 0 saturated heterocycles. The number of halogens is 8. The second-order valence-corrected chi connectivity index (χ2v) is 12.2. The Labute approximate surface area is 249 Å². The Balaban J connectivity index is 0.000000312. The molecule has 0 fully saturated rings. The van der Waals surface area contributed by atoms with E-state index in [4.69, 9.17) is 10.5 Å². The van der Waals surface area contributed by atoms with Crippen molar-refractivity contribution in [1.29, 1.82) is 10.5 Å². The van der Waals surface area contributed by atoms with E-state index in [9.17, 15) is 48.3 Å². The van der Waals surface area contributed by atoms with Gasteiger partial charge in [-0.15, -0.1) is 3.63 Å². The van der Waals surface area contributed by atoms with Gasteiger partial charge in [-0.1, -0.05) is 7.43 Å². The van der Waals surface area contributed by atoms with Crippen LogP contribution in [-0.4, -0.2) is 52.2 Å². The number of rotatable bonds is 2. The highest BCUT2D eigenvalue weighted by molar-refractivity contribution is 9.11. The second kappa shape index (κ2) is 13.2. The molecule has 1 N–H and O–H groups in total. The van der Waals surface area contributed by atoms with Gasteiger partial charge >= 0.3 is 31.3 Å². The number of aromatic nitrogens is 4. The first-order valence-electron chi connectivity index (χ1n) is 9.78. The average Bonchev–Trinajstić information content (AvgIpc) is 3.41. The summed E-state index contributed by atoms with van der Waals surface area (Å²) in [5.41, 5.74) is -8.85. The van der Waals surface area contributed by atoms with Gasteiger partial charge < -0.3 is 5.11 Å². The van der Waals surface area contributed by atoms with Crippen LogP contribution in [0.4, 0.5) is 26.3 Å². The summed E-state index contributed by atoms with van der Waals surface area (Å²) in [6, 6.07) is 7.61. The fourth-order valence-electron chi connectivity index (χ4n) is 2.61. The highest BCUT2D eigenvalue weighted by atomic mass is 79.9. The molecule has 22 heteroatoms. The van der Waals surface area contributed by atoms with E-state index in [0.29, 0.717) is 21.1 Å². The van der Waals surface area contributed by atoms with Crippen LogP contribution in [0.3, 0.4) is 0 Å². The lowest BCUT2D eigenvalue weighted by Crippen LogP contribution is -2.34. The fraction of sp³-hybridized carbons (Fsp3) is 0.200. The van der Waals surface area contributed by atoms with E-state index < -0.39 is 31.3 Å². The van der Waals surface area contributed by atoms with Crippen LogP contribution in [-0.2, 0) is 23.9 Å². The number of aryl methyl sites for hydroxylation is 1. The van der Waals surface area contributed by atoms with Gasteiger partial charge in [0, 0.05) is 15.1 Å². The first kappa shape index (κ1) is 36.6. The van der Waals surface area contributed by atoms with Crippen molar-refractivity contribution in [1.82, 2.24) is 19.2 Å². The van der Waals surface area contributed by atoms with Crippen molar-refractivity contribution in [3.8, 4) is 17.9 Å². The van der Waals surface area contributed by atoms with Crippen LogP contribution in [0.1, 0.15) is 24.1 Å². The monoisotopic (exact) mass is 770 g/mol. The zero-order chi connectivity index (χ0) is 31.6. The molecule has 4 rings (SSSR count). The Bertz CT molecular complexity index is 1770. The summed E-state index contributed by atoms with van der Waals surface area (Å²) < 4.78 is 115. The van der Waals surface area contributed by atoms with Crippen molar-refractivity contribution in [2.75, 3.05) is 0 Å². The molecule has 0 spiro atoms. The van der Waals surface area contributed by atoms with Crippen LogP contribution in [0.2, 0.25) is 0 Å². The summed E-state index contributed by atoms with van der Waals surface area (Å²) in [6.45, 7) is 1.98. The summed E-state index contributed by atoms with van der Waals surface area (Å²) in [5.74, 6) is 0.104. The number of fused-ring (bicyclic) bond motifs is 2. The van der Waals surface area contributed by atoms with Gasteiger partial charge in [-0.05, 0) is 56.5 Å². The quantitative estimate of drug-likeness (QED) is 0.208. The number of hydrogen-bond acceptors (Lipinski definition) is 10. The number of pyridine rings is 2. The second-order valence-electron chi connectivity index (χ2n) is 7.21. The van der Waals surface area contributed by atoms with Gasteiger partial charge in [0.05, 0.1) is 40.8 Å². The van der Waals surface area contributed by atoms with Crippen molar-refractivity contribution in [3.63, 3.8) is 0 Å². The maximum Gasteiger partial charge on any atom is 0.524 e. The predicted octanol–water partition coefficient (Wildman–Crippen LogP) is 5.29. The van der Waals surface area contributed by atoms with Crippen molar-refractivity contribution >= 4 is 63.1 Å². The largest absolute Gasteiger partial charge is 0.524 e. The molecule has 0 amide bonds. The summed E-state index contributed by atoms with van der Waals surface area (Å²) in [5, 5.41) is 34.7. The van der Waals surface area contributed by atoms with Gasteiger partial charge in [-0.25, -0.2) is 9.03 Å². The first-order chi connectivity index (χ1) is 18.6. The topological polar surface area (TPSA) is 180 Å². The van der Waals surface area contributed by atoms with Crippen molar-refractivity contribution < 1.29 is 51.9 Å². The van der Waals surface area contributed by atoms with Gasteiger partial charge in [0.25, 0.3) is 0 Å². The van der Waals surface area contributed by atoms with E-state index >= 15 is 0 Å². The van der Waals surface area contributed by atoms with Gasteiger partial charge in [-0.2, -0.15) is 63.9 Å². The van der Waals surface area contributed by atoms with Crippen LogP contribution in [0.5, 0.6) is 5.75 Å². The van der Waals surface area contributed by atoms with Crippen LogP contribution in [0.15, 0.2) is 45.9 Å². The first-order valence-corrected chi connectivity index (χ1v) is 14.2. The third-order valence-electron chi connectivity index (χ3n) is 4.24. The standard InChI is InChI=1S/C9H6BrN3.C8H4BrN3O.C2F6O5S2.CH4/c1-6-2-8(10)9-7(3-11)4-12-13(9)5-6;9-7-1-6(13)4-12-8(7)5(2-10)3-11-12;3-1(4,5)14(9,10)13-15(11,12)2(6,7)8;/h2,4-5H,1H3;1,3-4,13H;;1H4. The Hall–Kier alpha value is -3.44. The van der Waals surface area contributed by atoms with E-state index in [1.165, 1.54) is 23.0 Å². The van der Waals surface area contributed by atoms with E-state index in [1.807, 2.05) is 28.9 Å². The van der Waals surface area contributed by atoms with E-state index in [1.54, 1.807) is 10.7 Å². The average molecular weight is 772 g/mol. The highest BCUT2D eigenvalue weighted by Gasteiger charge is 2.57. The lowest BCUT2D eigenvalue weighted by Gasteiger charge is -2.09. The van der Waals surface area contributed by atoms with Gasteiger partial charge in [0.1, 0.15) is 17.9 Å². The van der Waals surface area contributed by atoms with Crippen molar-refractivity contribution in [2.24, 2.45) is 0 Å². The molecule has 42 heavy (non-hydrogen) atoms. The number of nitrogens with zero attached hydrogens (tertiary/aromatic N) is 6. The number of aromatic hydroxyl groups is 1. The molecule has 0 atom stereocenters. The normalized spacial score (nSPS) is 11.8. The number of alkyl halides is 6. The molecular weight excluding hydrogens is 758 g/mol. The lowest BCUT2D eigenvalue weighted by molar-refractivity contribution is -0.0585. The minimum atomic E-state index is -6.85. The van der Waals surface area contributed by atoms with Gasteiger partial charge in [0.2, 0.25) is 0 Å². The molecule has 4 heterocycles. The van der Waals surface area contributed by atoms with E-state index in [2.05, 4.69) is 48.1 Å². The van der Waals surface area contributed by atoms with Crippen LogP contribution >= 0.6 is 31.9 Å². The minimum Gasteiger partial charge on any atom is -0.506 e. The Kier molecular flexibility index (Phi) is 11.5. The Morgan fingerprint density at radius 3 is 1.60 bits per heavy atom. The number of hydrogen-bond donors (Lipinski definition) is 1. The smallest absolute Gasteiger partial charge is 0.506 e. The SMILES string of the molecule is C.Cc1cc(Br)c2c(C#N)cnn2c1.N#Cc1cnn2cc(O)cc(Br)c12.O=S(=O)(OS(=O)(=O)C(F)(F)F)C(F)(F)F. The molecule has 0 bridgehead atoms. The fourth-order valence-corrected chi connectivity index (χ4v) is 5.56. The molecule has 4 aromatic heterocycles. The summed E-state index contributed by atoms with van der Waals surface area (Å²) in [4.78, 5) is 0. The molecule has 4 aromatic rings. The third kappa shape index (κ3) is 8.32. The van der Waals surface area contributed by atoms with Gasteiger partial charge in [0.15, 0.2) is 0 Å². The van der Waals surface area contributed by atoms with Crippen molar-refractivity contribution in [2.45, 2.75) is 25.4 Å². The number of nitriles is 2. The van der Waals surface area contributed by atoms with Gasteiger partial charge in [-0.3, -0.25) is 0 Å². The summed E-state index contributed by atoms with van der Waals surface area (Å²) >= 11 is 6.65. The van der Waals surface area contributed by atoms with E-state index in [-0.39, 0.29) is 13.2 Å². The summed E-state index contributed by atoms with van der Waals surface area (Å²) in [7, 11) is -13.7. The van der Waals surface area contributed by atoms with Crippen LogP contribution in [0.25, 0.3) is 11.0 Å². The molecule has 0 saturated carbocycles. The molecule has 0 radical (unpaired) electrons. The molecular formula is C20H14Br2F6N6O6S2. The maximum atomic E-state index is 11.4. The highest BCUT2D eigenvalue weighted by Crippen LogP contribution is 2.32. The predicted molar refractivity (Wildman–Crippen MR) is 139 cm³/mol. The minimum absolute atomic E-state index is 0. The molecule has 0 unspecified atom stereocenters. The molecule has 0 aliphatic heterocycles. The lowest BCUT2D eigenvalue weighted by atomic mass is 10.2. The molecule has 0 aliphatic rings. The third-order valence-corrected chi connectivity index (χ3v) is 8.02. The Morgan fingerprint density at radius 2 is 1.21 bits per heavy atom. The molecule has 228 valence electrons. The molecule has 0 aromatic carbocycles. The van der Waals surface area contributed by atoms with Crippen LogP contribution in [0, 0.1) is 29.6 Å². The zero-order valence-corrected chi connectivity index (χ0v) is 24.3. The van der Waals surface area contributed by atoms with Crippen molar-refractivity contribution in [3.05, 3.63) is 62.6 Å². The van der Waals surface area contributed by atoms with Crippen LogP contribution < -0.4 is 0 Å². The maximum absolute atomic E-state index is 11.4.